The summed E-state index contributed by atoms with van der Waals surface area (Å²) in [4.78, 5) is 11.5. The van der Waals surface area contributed by atoms with Gasteiger partial charge in [-0.3, -0.25) is 4.79 Å². The molecule has 0 spiro atoms. The van der Waals surface area contributed by atoms with Crippen LogP contribution in [0, 0.1) is 23.7 Å². The van der Waals surface area contributed by atoms with Crippen LogP contribution in [0.2, 0.25) is 0 Å². The lowest BCUT2D eigenvalue weighted by Gasteiger charge is -2.11. The first-order valence-corrected chi connectivity index (χ1v) is 5.51. The highest BCUT2D eigenvalue weighted by Gasteiger charge is 2.06. The van der Waals surface area contributed by atoms with Crippen molar-refractivity contribution in [1.82, 2.24) is 5.32 Å². The molecule has 1 atom stereocenters. The number of nitrogens with zero attached hydrogens (tertiary/aromatic N) is 1. The monoisotopic (exact) mass is 242 g/mol. The van der Waals surface area contributed by atoms with Crippen molar-refractivity contribution in [2.75, 3.05) is 6.61 Å². The summed E-state index contributed by atoms with van der Waals surface area (Å²) in [5.74, 6) is 2.80. The molecule has 18 heavy (non-hydrogen) atoms. The van der Waals surface area contributed by atoms with Crippen LogP contribution in [0.4, 0.5) is 0 Å². The van der Waals surface area contributed by atoms with Crippen LogP contribution in [0.5, 0.6) is 5.75 Å². The minimum atomic E-state index is -0.220. The molecule has 1 rings (SSSR count). The first kappa shape index (κ1) is 13.6. The summed E-state index contributed by atoms with van der Waals surface area (Å²) >= 11 is 0. The number of terminal acetylenes is 1. The summed E-state index contributed by atoms with van der Waals surface area (Å²) in [6.07, 6.45) is 5.63. The van der Waals surface area contributed by atoms with Crippen molar-refractivity contribution in [3.05, 3.63) is 29.8 Å². The molecule has 0 heterocycles. The van der Waals surface area contributed by atoms with Crippen molar-refractivity contribution in [3.63, 3.8) is 0 Å². The Labute approximate surface area is 107 Å². The molecule has 0 fully saturated rings. The number of nitrogens with one attached hydrogen (secondary N) is 1. The highest BCUT2D eigenvalue weighted by atomic mass is 16.5. The molecule has 92 valence electrons. The molecule has 0 saturated carbocycles. The van der Waals surface area contributed by atoms with Gasteiger partial charge in [0.15, 0.2) is 6.61 Å². The van der Waals surface area contributed by atoms with Gasteiger partial charge in [-0.05, 0) is 31.2 Å². The molecule has 1 unspecified atom stereocenters. The summed E-state index contributed by atoms with van der Waals surface area (Å²) in [6.45, 7) is 1.76. The van der Waals surface area contributed by atoms with Crippen LogP contribution in [0.15, 0.2) is 24.3 Å². The summed E-state index contributed by atoms with van der Waals surface area (Å²) in [5.41, 5.74) is 0.550. The molecule has 0 aliphatic carbocycles. The van der Waals surface area contributed by atoms with Crippen LogP contribution in [0.1, 0.15) is 18.9 Å². The van der Waals surface area contributed by atoms with Gasteiger partial charge in [-0.2, -0.15) is 5.26 Å². The van der Waals surface area contributed by atoms with Gasteiger partial charge in [0, 0.05) is 12.5 Å². The second-order valence-corrected chi connectivity index (χ2v) is 3.80. The van der Waals surface area contributed by atoms with E-state index < -0.39 is 0 Å². The maximum absolute atomic E-state index is 11.5. The smallest absolute Gasteiger partial charge is 0.258 e. The molecule has 0 aromatic heterocycles. The third kappa shape index (κ3) is 4.59. The maximum atomic E-state index is 11.5. The average molecular weight is 242 g/mol. The maximum Gasteiger partial charge on any atom is 0.258 e. The number of ether oxygens (including phenoxy) is 1. The number of hydrogen-bond donors (Lipinski definition) is 1. The Bertz CT molecular complexity index is 480. The topological polar surface area (TPSA) is 62.1 Å². The van der Waals surface area contributed by atoms with Gasteiger partial charge in [0.2, 0.25) is 0 Å². The zero-order valence-electron chi connectivity index (χ0n) is 10.1. The molecule has 4 heteroatoms. The van der Waals surface area contributed by atoms with Gasteiger partial charge >= 0.3 is 0 Å². The lowest BCUT2D eigenvalue weighted by Crippen LogP contribution is -2.35. The van der Waals surface area contributed by atoms with Crippen molar-refractivity contribution < 1.29 is 9.53 Å². The Morgan fingerprint density at radius 2 is 2.17 bits per heavy atom. The second-order valence-electron chi connectivity index (χ2n) is 3.80. The SMILES string of the molecule is C#CCC(C)NC(=O)COc1ccc(C#N)cc1. The molecule has 1 amide bonds. The van der Waals surface area contributed by atoms with E-state index >= 15 is 0 Å². The van der Waals surface area contributed by atoms with Crippen LogP contribution >= 0.6 is 0 Å². The molecule has 0 radical (unpaired) electrons. The molecule has 0 aliphatic rings. The van der Waals surface area contributed by atoms with E-state index in [2.05, 4.69) is 11.2 Å². The normalized spacial score (nSPS) is 10.8. The van der Waals surface area contributed by atoms with Gasteiger partial charge < -0.3 is 10.1 Å². The Balaban J connectivity index is 2.38. The third-order valence-electron chi connectivity index (χ3n) is 2.18. The van der Waals surface area contributed by atoms with Crippen LogP contribution in [0.25, 0.3) is 0 Å². The van der Waals surface area contributed by atoms with Crippen molar-refractivity contribution in [2.45, 2.75) is 19.4 Å². The van der Waals surface area contributed by atoms with Gasteiger partial charge in [-0.1, -0.05) is 0 Å². The van der Waals surface area contributed by atoms with Crippen molar-refractivity contribution >= 4 is 5.91 Å². The quantitative estimate of drug-likeness (QED) is 0.795. The van der Waals surface area contributed by atoms with E-state index in [1.165, 1.54) is 0 Å². The minimum absolute atomic E-state index is 0.0629. The fourth-order valence-corrected chi connectivity index (χ4v) is 1.32. The number of carbonyl (C=O) groups is 1. The first-order chi connectivity index (χ1) is 8.65. The lowest BCUT2D eigenvalue weighted by molar-refractivity contribution is -0.123. The van der Waals surface area contributed by atoms with E-state index in [4.69, 9.17) is 16.4 Å². The van der Waals surface area contributed by atoms with E-state index in [0.717, 1.165) is 0 Å². The number of amides is 1. The van der Waals surface area contributed by atoms with Crippen LogP contribution < -0.4 is 10.1 Å². The second kappa shape index (κ2) is 6.98. The van der Waals surface area contributed by atoms with E-state index in [-0.39, 0.29) is 18.6 Å². The number of nitriles is 1. The van der Waals surface area contributed by atoms with Crippen LogP contribution in [-0.4, -0.2) is 18.6 Å². The minimum Gasteiger partial charge on any atom is -0.484 e. The summed E-state index contributed by atoms with van der Waals surface area (Å²) in [7, 11) is 0. The summed E-state index contributed by atoms with van der Waals surface area (Å²) in [5, 5.41) is 11.3. The molecule has 0 aliphatic heterocycles. The first-order valence-electron chi connectivity index (χ1n) is 5.51. The fraction of sp³-hybridized carbons (Fsp3) is 0.286. The summed E-state index contributed by atoms with van der Waals surface area (Å²) < 4.78 is 5.27. The Morgan fingerprint density at radius 1 is 1.50 bits per heavy atom. The highest BCUT2D eigenvalue weighted by molar-refractivity contribution is 5.77. The Kier molecular flexibility index (Phi) is 5.28. The molecule has 1 N–H and O–H groups in total. The number of carbonyl (C=O) groups excluding carboxylic acids is 1. The van der Waals surface area contributed by atoms with E-state index in [0.29, 0.717) is 17.7 Å². The van der Waals surface area contributed by atoms with Crippen LogP contribution in [0.3, 0.4) is 0 Å². The van der Waals surface area contributed by atoms with Crippen molar-refractivity contribution in [3.8, 4) is 24.2 Å². The average Bonchev–Trinajstić information content (AvgIpc) is 2.37. The number of rotatable bonds is 5. The molecule has 1 aromatic rings. The van der Waals surface area contributed by atoms with Gasteiger partial charge in [-0.15, -0.1) is 12.3 Å². The van der Waals surface area contributed by atoms with Crippen LogP contribution in [-0.2, 0) is 4.79 Å². The Morgan fingerprint density at radius 3 is 2.72 bits per heavy atom. The Hall–Kier alpha value is -2.46. The van der Waals surface area contributed by atoms with E-state index in [1.807, 2.05) is 13.0 Å². The van der Waals surface area contributed by atoms with Gasteiger partial charge in [0.25, 0.3) is 5.91 Å². The standard InChI is InChI=1S/C14H14N2O2/c1-3-4-11(2)16-14(17)10-18-13-7-5-12(9-15)6-8-13/h1,5-8,11H,4,10H2,2H3,(H,16,17). The van der Waals surface area contributed by atoms with Gasteiger partial charge in [-0.25, -0.2) is 0 Å². The molecular weight excluding hydrogens is 228 g/mol. The summed E-state index contributed by atoms with van der Waals surface area (Å²) in [6, 6.07) is 8.51. The predicted molar refractivity (Wildman–Crippen MR) is 67.7 cm³/mol. The molecule has 4 nitrogen and oxygen atoms in total. The van der Waals surface area contributed by atoms with E-state index in [9.17, 15) is 4.79 Å². The molecule has 0 bridgehead atoms. The zero-order chi connectivity index (χ0) is 13.4. The van der Waals surface area contributed by atoms with Gasteiger partial charge in [0.05, 0.1) is 11.6 Å². The van der Waals surface area contributed by atoms with Crippen molar-refractivity contribution in [2.24, 2.45) is 0 Å². The molecule has 0 saturated heterocycles. The largest absolute Gasteiger partial charge is 0.484 e. The molecule has 1 aromatic carbocycles. The van der Waals surface area contributed by atoms with E-state index in [1.54, 1.807) is 24.3 Å². The molecular formula is C14H14N2O2. The van der Waals surface area contributed by atoms with Crippen molar-refractivity contribution in [1.29, 1.82) is 5.26 Å². The zero-order valence-corrected chi connectivity index (χ0v) is 10.1. The number of hydrogen-bond acceptors (Lipinski definition) is 3. The number of benzene rings is 1. The highest BCUT2D eigenvalue weighted by Crippen LogP contribution is 2.11. The lowest BCUT2D eigenvalue weighted by atomic mass is 10.2. The fourth-order valence-electron chi connectivity index (χ4n) is 1.32. The third-order valence-corrected chi connectivity index (χ3v) is 2.18. The predicted octanol–water partition coefficient (Wildman–Crippen LogP) is 1.47. The van der Waals surface area contributed by atoms with Gasteiger partial charge in [0.1, 0.15) is 5.75 Å².